The van der Waals surface area contributed by atoms with Crippen LogP contribution in [-0.4, -0.2) is 36.6 Å². The third-order valence-electron chi connectivity index (χ3n) is 7.28. The Balaban J connectivity index is 2.14. The van der Waals surface area contributed by atoms with E-state index in [2.05, 4.69) is 0 Å². The summed E-state index contributed by atoms with van der Waals surface area (Å²) in [7, 11) is -1.51. The van der Waals surface area contributed by atoms with E-state index in [0.717, 1.165) is 17.7 Å². The zero-order valence-electron chi connectivity index (χ0n) is 20.4. The van der Waals surface area contributed by atoms with Crippen LogP contribution >= 0.6 is 0 Å². The van der Waals surface area contributed by atoms with E-state index in [1.165, 1.54) is 12.1 Å². The van der Waals surface area contributed by atoms with E-state index < -0.39 is 48.4 Å². The first-order valence-corrected chi connectivity index (χ1v) is 11.0. The lowest BCUT2D eigenvalue weighted by Gasteiger charge is -2.32. The summed E-state index contributed by atoms with van der Waals surface area (Å²) in [6.07, 6.45) is -3.86. The van der Waals surface area contributed by atoms with Gasteiger partial charge in [-0.2, -0.15) is 13.2 Å². The molecule has 0 aromatic heterocycles. The molecule has 1 aromatic rings. The third kappa shape index (κ3) is 4.41. The van der Waals surface area contributed by atoms with Gasteiger partial charge in [0.05, 0.1) is 28.0 Å². The molecule has 2 aliphatic rings. The molecule has 32 heavy (non-hydrogen) atoms. The summed E-state index contributed by atoms with van der Waals surface area (Å²) in [4.78, 5) is 0. The van der Waals surface area contributed by atoms with Gasteiger partial charge in [0, 0.05) is 0 Å². The topological polar surface area (TPSA) is 36.9 Å². The van der Waals surface area contributed by atoms with Crippen molar-refractivity contribution in [3.8, 4) is 0 Å². The Morgan fingerprint density at radius 2 is 1.06 bits per heavy atom. The van der Waals surface area contributed by atoms with Crippen LogP contribution in [0.5, 0.6) is 0 Å². The average molecular weight is 452 g/mol. The lowest BCUT2D eigenvalue weighted by molar-refractivity contribution is -0.137. The van der Waals surface area contributed by atoms with Crippen molar-refractivity contribution in [1.82, 2.24) is 0 Å². The van der Waals surface area contributed by atoms with E-state index in [1.54, 1.807) is 0 Å². The Morgan fingerprint density at radius 3 is 1.34 bits per heavy atom. The van der Waals surface area contributed by atoms with Crippen molar-refractivity contribution in [2.45, 2.75) is 97.3 Å². The fraction of sp³-hybridized carbons (Fsp3) is 0.652. The predicted molar refractivity (Wildman–Crippen MR) is 121 cm³/mol. The van der Waals surface area contributed by atoms with Crippen molar-refractivity contribution < 1.29 is 31.8 Å². The van der Waals surface area contributed by atoms with Crippen molar-refractivity contribution in [3.05, 3.63) is 40.8 Å². The quantitative estimate of drug-likeness (QED) is 0.515. The average Bonchev–Trinajstić information content (AvgIpc) is 2.97. The highest BCUT2D eigenvalue weighted by Gasteiger charge is 2.60. The summed E-state index contributed by atoms with van der Waals surface area (Å²) in [5.41, 5.74) is -1.62. The molecule has 0 bridgehead atoms. The molecule has 0 unspecified atom stereocenters. The maximum absolute atomic E-state index is 13.1. The highest BCUT2D eigenvalue weighted by Crippen LogP contribution is 2.45. The number of hydrogen-bond donors (Lipinski definition) is 0. The number of alkyl halides is 3. The standard InChI is InChI=1S/C23H33B2F3O4/c1-10-17(15-11-13-16(14-12-15)23(26,27)28)18(24-29-19(2,3)20(4,5)30-24)25-31-21(6,7)22(8,9)32-25/h11-14H,10H2,1-9H3. The molecule has 9 heteroatoms. The Bertz CT molecular complexity index is 819. The van der Waals surface area contributed by atoms with Gasteiger partial charge in [-0.15, -0.1) is 0 Å². The first-order valence-electron chi connectivity index (χ1n) is 11.0. The number of rotatable bonds is 4. The molecule has 4 nitrogen and oxygen atoms in total. The SMILES string of the molecule is CCC(=C(B1OC(C)(C)C(C)(C)O1)B1OC(C)(C)C(C)(C)O1)c1ccc(C(F)(F)F)cc1. The van der Waals surface area contributed by atoms with E-state index >= 15 is 0 Å². The zero-order chi connectivity index (χ0) is 24.3. The van der Waals surface area contributed by atoms with E-state index in [9.17, 15) is 13.2 Å². The largest absolute Gasteiger partial charge is 0.486 e. The first-order chi connectivity index (χ1) is 14.4. The summed E-state index contributed by atoms with van der Waals surface area (Å²) in [6.45, 7) is 17.6. The molecule has 1 aromatic carbocycles. The van der Waals surface area contributed by atoms with Crippen molar-refractivity contribution in [3.63, 3.8) is 0 Å². The molecule has 0 spiro atoms. The highest BCUT2D eigenvalue weighted by molar-refractivity contribution is 6.80. The summed E-state index contributed by atoms with van der Waals surface area (Å²) in [5.74, 6) is 0. The smallest absolute Gasteiger partial charge is 0.400 e. The minimum absolute atomic E-state index is 0.537. The molecule has 176 valence electrons. The summed E-state index contributed by atoms with van der Waals surface area (Å²) in [6, 6.07) is 5.16. The van der Waals surface area contributed by atoms with E-state index in [1.807, 2.05) is 62.3 Å². The summed E-state index contributed by atoms with van der Waals surface area (Å²) in [5, 5.41) is 0.657. The molecule has 2 saturated heterocycles. The third-order valence-corrected chi connectivity index (χ3v) is 7.28. The molecule has 3 rings (SSSR count). The summed E-state index contributed by atoms with van der Waals surface area (Å²) >= 11 is 0. The fourth-order valence-corrected chi connectivity index (χ4v) is 3.77. The second-order valence-corrected chi connectivity index (χ2v) is 10.5. The Labute approximate surface area is 190 Å². The van der Waals surface area contributed by atoms with Gasteiger partial charge in [-0.25, -0.2) is 0 Å². The molecule has 0 atom stereocenters. The van der Waals surface area contributed by atoms with Crippen molar-refractivity contribution in [2.75, 3.05) is 0 Å². The van der Waals surface area contributed by atoms with Crippen LogP contribution in [0.4, 0.5) is 13.2 Å². The molecule has 0 aliphatic carbocycles. The highest BCUT2D eigenvalue weighted by atomic mass is 19.4. The van der Waals surface area contributed by atoms with Crippen LogP contribution in [0.1, 0.15) is 79.9 Å². The lowest BCUT2D eigenvalue weighted by atomic mass is 9.54. The second kappa shape index (κ2) is 7.90. The molecular weight excluding hydrogens is 419 g/mol. The lowest BCUT2D eigenvalue weighted by Crippen LogP contribution is -2.41. The van der Waals surface area contributed by atoms with Gasteiger partial charge in [-0.3, -0.25) is 0 Å². The Morgan fingerprint density at radius 1 is 0.719 bits per heavy atom. The van der Waals surface area contributed by atoms with Gasteiger partial charge in [0.25, 0.3) is 0 Å². The van der Waals surface area contributed by atoms with Crippen LogP contribution in [0.3, 0.4) is 0 Å². The predicted octanol–water partition coefficient (Wildman–Crippen LogP) is 6.13. The number of hydrogen-bond acceptors (Lipinski definition) is 4. The van der Waals surface area contributed by atoms with Gasteiger partial charge in [-0.05, 0) is 90.5 Å². The number of halogens is 3. The second-order valence-electron chi connectivity index (χ2n) is 10.5. The van der Waals surface area contributed by atoms with E-state index in [4.69, 9.17) is 18.6 Å². The normalized spacial score (nSPS) is 23.5. The Kier molecular flexibility index (Phi) is 6.25. The van der Waals surface area contributed by atoms with E-state index in [0.29, 0.717) is 17.4 Å². The first kappa shape index (κ1) is 25.3. The Hall–Kier alpha value is -1.28. The number of benzene rings is 1. The van der Waals surface area contributed by atoms with Crippen LogP contribution in [0, 0.1) is 0 Å². The van der Waals surface area contributed by atoms with Crippen LogP contribution in [0.2, 0.25) is 0 Å². The number of allylic oxidation sites excluding steroid dienone is 1. The summed E-state index contributed by atoms with van der Waals surface area (Å²) < 4.78 is 64.7. The molecule has 0 amide bonds. The van der Waals surface area contributed by atoms with Crippen LogP contribution in [0.25, 0.3) is 5.57 Å². The van der Waals surface area contributed by atoms with E-state index in [-0.39, 0.29) is 0 Å². The molecular formula is C23H33B2F3O4. The molecule has 2 heterocycles. The van der Waals surface area contributed by atoms with Crippen molar-refractivity contribution in [2.24, 2.45) is 0 Å². The van der Waals surface area contributed by atoms with Gasteiger partial charge in [0.15, 0.2) is 0 Å². The molecule has 0 N–H and O–H groups in total. The van der Waals surface area contributed by atoms with Gasteiger partial charge in [0.2, 0.25) is 0 Å². The molecule has 0 saturated carbocycles. The van der Waals surface area contributed by atoms with Crippen LogP contribution in [0.15, 0.2) is 29.6 Å². The van der Waals surface area contributed by atoms with Gasteiger partial charge in [0.1, 0.15) is 0 Å². The van der Waals surface area contributed by atoms with Gasteiger partial charge >= 0.3 is 20.4 Å². The van der Waals surface area contributed by atoms with Crippen molar-refractivity contribution in [1.29, 1.82) is 0 Å². The van der Waals surface area contributed by atoms with Gasteiger partial charge in [-0.1, -0.05) is 19.1 Å². The molecule has 2 fully saturated rings. The fourth-order valence-electron chi connectivity index (χ4n) is 3.77. The minimum Gasteiger partial charge on any atom is -0.400 e. The molecule has 2 aliphatic heterocycles. The van der Waals surface area contributed by atoms with Crippen LogP contribution < -0.4 is 0 Å². The molecule has 0 radical (unpaired) electrons. The van der Waals surface area contributed by atoms with Gasteiger partial charge < -0.3 is 18.6 Å². The maximum Gasteiger partial charge on any atom is 0.486 e. The zero-order valence-corrected chi connectivity index (χ0v) is 20.4. The van der Waals surface area contributed by atoms with Crippen LogP contribution in [-0.2, 0) is 24.8 Å². The maximum atomic E-state index is 13.1. The minimum atomic E-state index is -4.39. The monoisotopic (exact) mass is 452 g/mol. The van der Waals surface area contributed by atoms with Crippen molar-refractivity contribution >= 4 is 19.8 Å².